The molecule has 14 heavy (non-hydrogen) atoms. The van der Waals surface area contributed by atoms with Crippen LogP contribution in [0.25, 0.3) is 10.8 Å². The fraction of sp³-hybridized carbons (Fsp3) is 0.154. The van der Waals surface area contributed by atoms with Crippen molar-refractivity contribution < 1.29 is 4.74 Å². The lowest BCUT2D eigenvalue weighted by Gasteiger charge is -2.03. The molecule has 1 heteroatoms. The molecule has 0 N–H and O–H groups in total. The van der Waals surface area contributed by atoms with E-state index in [0.29, 0.717) is 6.10 Å². The predicted molar refractivity (Wildman–Crippen MR) is 57.1 cm³/mol. The molecular formula is C13H11O. The van der Waals surface area contributed by atoms with Crippen molar-refractivity contribution in [1.29, 1.82) is 0 Å². The third kappa shape index (κ3) is 1.40. The molecule has 1 unspecified atom stereocenters. The van der Waals surface area contributed by atoms with Crippen molar-refractivity contribution in [3.05, 3.63) is 54.4 Å². The van der Waals surface area contributed by atoms with Gasteiger partial charge in [0.1, 0.15) is 0 Å². The number of rotatable bonds is 2. The van der Waals surface area contributed by atoms with Crippen molar-refractivity contribution in [3.63, 3.8) is 0 Å². The standard InChI is InChI=1S/C13H11O/c1-2-7-13-10(4-1)5-3-6-11(13)8-12-9-14-12/h1-8,12H,9H2. The highest BCUT2D eigenvalue weighted by Crippen LogP contribution is 2.25. The highest BCUT2D eigenvalue weighted by molar-refractivity contribution is 5.86. The second-order valence-corrected chi connectivity index (χ2v) is 3.61. The molecule has 1 fully saturated rings. The third-order valence-electron chi connectivity index (χ3n) is 2.55. The van der Waals surface area contributed by atoms with E-state index >= 15 is 0 Å². The van der Waals surface area contributed by atoms with Crippen molar-refractivity contribution in [2.75, 3.05) is 6.61 Å². The molecule has 0 bridgehead atoms. The average Bonchev–Trinajstić information content (AvgIpc) is 3.03. The van der Waals surface area contributed by atoms with Gasteiger partial charge in [-0.25, -0.2) is 0 Å². The van der Waals surface area contributed by atoms with Gasteiger partial charge in [-0.3, -0.25) is 0 Å². The van der Waals surface area contributed by atoms with E-state index in [4.69, 9.17) is 4.74 Å². The van der Waals surface area contributed by atoms with Gasteiger partial charge in [0.2, 0.25) is 0 Å². The minimum Gasteiger partial charge on any atom is -0.372 e. The van der Waals surface area contributed by atoms with Crippen molar-refractivity contribution >= 4 is 10.8 Å². The molecular weight excluding hydrogens is 172 g/mol. The minimum atomic E-state index is 0.348. The van der Waals surface area contributed by atoms with Crippen LogP contribution in [0, 0.1) is 6.42 Å². The molecule has 0 aromatic heterocycles. The molecule has 0 amide bonds. The molecule has 2 aromatic rings. The number of hydrogen-bond acceptors (Lipinski definition) is 1. The van der Waals surface area contributed by atoms with Crippen molar-refractivity contribution in [2.45, 2.75) is 6.10 Å². The van der Waals surface area contributed by atoms with Crippen LogP contribution >= 0.6 is 0 Å². The second kappa shape index (κ2) is 3.10. The Labute approximate surface area is 83.3 Å². The summed E-state index contributed by atoms with van der Waals surface area (Å²) in [5.74, 6) is 0. The van der Waals surface area contributed by atoms with Crippen molar-refractivity contribution in [2.24, 2.45) is 0 Å². The summed E-state index contributed by atoms with van der Waals surface area (Å²) in [6.07, 6.45) is 2.54. The van der Waals surface area contributed by atoms with Gasteiger partial charge in [0.15, 0.2) is 0 Å². The maximum absolute atomic E-state index is 5.21. The Morgan fingerprint density at radius 2 is 1.86 bits per heavy atom. The molecule has 0 spiro atoms. The Hall–Kier alpha value is -1.34. The molecule has 3 rings (SSSR count). The Kier molecular flexibility index (Phi) is 1.78. The monoisotopic (exact) mass is 183 g/mol. The van der Waals surface area contributed by atoms with Crippen LogP contribution in [0.2, 0.25) is 0 Å². The Bertz CT molecular complexity index is 452. The molecule has 2 aromatic carbocycles. The van der Waals surface area contributed by atoms with Gasteiger partial charge in [0, 0.05) is 6.42 Å². The number of ether oxygens (including phenoxy) is 1. The van der Waals surface area contributed by atoms with Crippen LogP contribution in [-0.4, -0.2) is 12.7 Å². The molecule has 1 heterocycles. The van der Waals surface area contributed by atoms with Gasteiger partial charge in [-0.2, -0.15) is 0 Å². The molecule has 69 valence electrons. The summed E-state index contributed by atoms with van der Waals surface area (Å²) in [4.78, 5) is 0. The summed E-state index contributed by atoms with van der Waals surface area (Å²) in [7, 11) is 0. The molecule has 0 saturated carbocycles. The maximum atomic E-state index is 5.21. The molecule has 1 nitrogen and oxygen atoms in total. The molecule has 1 saturated heterocycles. The normalized spacial score (nSPS) is 19.9. The van der Waals surface area contributed by atoms with Crippen LogP contribution in [0.4, 0.5) is 0 Å². The van der Waals surface area contributed by atoms with Gasteiger partial charge in [-0.05, 0) is 16.3 Å². The van der Waals surface area contributed by atoms with Gasteiger partial charge in [-0.1, -0.05) is 42.5 Å². The number of benzene rings is 2. The van der Waals surface area contributed by atoms with E-state index in [1.165, 1.54) is 16.3 Å². The lowest BCUT2D eigenvalue weighted by Crippen LogP contribution is -1.90. The van der Waals surface area contributed by atoms with E-state index in [2.05, 4.69) is 48.9 Å². The quantitative estimate of drug-likeness (QED) is 0.652. The molecule has 1 radical (unpaired) electrons. The summed E-state index contributed by atoms with van der Waals surface area (Å²) in [5, 5.41) is 2.60. The summed E-state index contributed by atoms with van der Waals surface area (Å²) in [6, 6.07) is 14.8. The average molecular weight is 183 g/mol. The maximum Gasteiger partial charge on any atom is 0.0885 e. The van der Waals surface area contributed by atoms with E-state index < -0.39 is 0 Å². The van der Waals surface area contributed by atoms with Crippen LogP contribution in [0.15, 0.2) is 42.5 Å². The molecule has 1 aliphatic heterocycles. The van der Waals surface area contributed by atoms with Gasteiger partial charge in [0.25, 0.3) is 0 Å². The van der Waals surface area contributed by atoms with Crippen LogP contribution in [0.1, 0.15) is 5.56 Å². The zero-order valence-corrected chi connectivity index (χ0v) is 7.81. The van der Waals surface area contributed by atoms with Gasteiger partial charge < -0.3 is 4.74 Å². The molecule has 1 atom stereocenters. The van der Waals surface area contributed by atoms with Crippen molar-refractivity contribution in [3.8, 4) is 0 Å². The molecule has 0 aliphatic carbocycles. The SMILES string of the molecule is [CH](c1cccc2ccccc12)C1CO1. The summed E-state index contributed by atoms with van der Waals surface area (Å²) >= 11 is 0. The highest BCUT2D eigenvalue weighted by Gasteiger charge is 2.23. The van der Waals surface area contributed by atoms with Crippen LogP contribution in [-0.2, 0) is 4.74 Å². The number of fused-ring (bicyclic) bond motifs is 1. The zero-order valence-electron chi connectivity index (χ0n) is 7.81. The highest BCUT2D eigenvalue weighted by atomic mass is 16.6. The molecule has 1 aliphatic rings. The van der Waals surface area contributed by atoms with Crippen LogP contribution in [0.3, 0.4) is 0 Å². The van der Waals surface area contributed by atoms with E-state index in [9.17, 15) is 0 Å². The minimum absolute atomic E-state index is 0.348. The lowest BCUT2D eigenvalue weighted by molar-refractivity contribution is 0.432. The Morgan fingerprint density at radius 3 is 2.71 bits per heavy atom. The smallest absolute Gasteiger partial charge is 0.0885 e. The summed E-state index contributed by atoms with van der Waals surface area (Å²) in [5.41, 5.74) is 1.28. The topological polar surface area (TPSA) is 12.5 Å². The first kappa shape index (κ1) is 8.01. The second-order valence-electron chi connectivity index (χ2n) is 3.61. The number of hydrogen-bond donors (Lipinski definition) is 0. The van der Waals surface area contributed by atoms with E-state index in [-0.39, 0.29) is 0 Å². The fourth-order valence-corrected chi connectivity index (χ4v) is 1.75. The first-order chi connectivity index (χ1) is 6.93. The van der Waals surface area contributed by atoms with E-state index in [0.717, 1.165) is 6.61 Å². The Balaban J connectivity index is 2.11. The largest absolute Gasteiger partial charge is 0.372 e. The van der Waals surface area contributed by atoms with E-state index in [1.54, 1.807) is 0 Å². The summed E-state index contributed by atoms with van der Waals surface area (Å²) < 4.78 is 5.21. The Morgan fingerprint density at radius 1 is 1.07 bits per heavy atom. The first-order valence-electron chi connectivity index (χ1n) is 4.88. The van der Waals surface area contributed by atoms with Crippen molar-refractivity contribution in [1.82, 2.24) is 0 Å². The third-order valence-corrected chi connectivity index (χ3v) is 2.55. The lowest BCUT2D eigenvalue weighted by atomic mass is 10.0. The predicted octanol–water partition coefficient (Wildman–Crippen LogP) is 2.79. The van der Waals surface area contributed by atoms with Gasteiger partial charge in [-0.15, -0.1) is 0 Å². The summed E-state index contributed by atoms with van der Waals surface area (Å²) in [6.45, 7) is 0.878. The van der Waals surface area contributed by atoms with Crippen LogP contribution in [0.5, 0.6) is 0 Å². The van der Waals surface area contributed by atoms with Crippen LogP contribution < -0.4 is 0 Å². The number of epoxide rings is 1. The van der Waals surface area contributed by atoms with Gasteiger partial charge in [0.05, 0.1) is 12.7 Å². The zero-order chi connectivity index (χ0) is 9.38. The van der Waals surface area contributed by atoms with Gasteiger partial charge >= 0.3 is 0 Å². The van der Waals surface area contributed by atoms with E-state index in [1.807, 2.05) is 0 Å². The first-order valence-corrected chi connectivity index (χ1v) is 4.88. The fourth-order valence-electron chi connectivity index (χ4n) is 1.75.